The number of aromatic nitrogens is 2. The average Bonchev–Trinajstić information content (AvgIpc) is 3.07. The van der Waals surface area contributed by atoms with Crippen molar-refractivity contribution >= 4 is 5.91 Å². The zero-order valence-corrected chi connectivity index (χ0v) is 15.0. The van der Waals surface area contributed by atoms with E-state index in [1.807, 2.05) is 17.0 Å². The third-order valence-corrected chi connectivity index (χ3v) is 4.95. The highest BCUT2D eigenvalue weighted by molar-refractivity contribution is 5.92. The zero-order chi connectivity index (χ0) is 17.8. The summed E-state index contributed by atoms with van der Waals surface area (Å²) < 4.78 is 12.5. The molecule has 0 radical (unpaired) electrons. The molecule has 1 aliphatic rings. The van der Waals surface area contributed by atoms with Crippen molar-refractivity contribution in [3.05, 3.63) is 47.8 Å². The van der Waals surface area contributed by atoms with Gasteiger partial charge in [0.1, 0.15) is 11.4 Å². The van der Waals surface area contributed by atoms with Crippen LogP contribution in [0.5, 0.6) is 5.75 Å². The summed E-state index contributed by atoms with van der Waals surface area (Å²) in [6.45, 7) is 1.40. The van der Waals surface area contributed by atoms with Gasteiger partial charge in [0.25, 0.3) is 5.91 Å². The molecular formula is C19H25N3O3. The first kappa shape index (κ1) is 17.5. The second-order valence-electron chi connectivity index (χ2n) is 6.47. The smallest absolute Gasteiger partial charge is 0.272 e. The number of carbonyl (C=O) groups is 1. The van der Waals surface area contributed by atoms with Crippen LogP contribution in [-0.2, 0) is 18.2 Å². The molecule has 1 fully saturated rings. The van der Waals surface area contributed by atoms with Crippen LogP contribution in [0.1, 0.15) is 22.5 Å². The number of amides is 1. The van der Waals surface area contributed by atoms with Gasteiger partial charge >= 0.3 is 0 Å². The first-order valence-electron chi connectivity index (χ1n) is 8.55. The molecule has 1 saturated heterocycles. The first-order chi connectivity index (χ1) is 12.1. The highest BCUT2D eigenvalue weighted by Crippen LogP contribution is 2.25. The maximum atomic E-state index is 12.8. The van der Waals surface area contributed by atoms with Crippen LogP contribution in [0.25, 0.3) is 0 Å². The van der Waals surface area contributed by atoms with Gasteiger partial charge in [-0.3, -0.25) is 9.48 Å². The fourth-order valence-electron chi connectivity index (χ4n) is 3.51. The molecule has 25 heavy (non-hydrogen) atoms. The van der Waals surface area contributed by atoms with E-state index in [1.54, 1.807) is 38.2 Å². The Morgan fingerprint density at radius 2 is 2.00 bits per heavy atom. The average molecular weight is 343 g/mol. The summed E-state index contributed by atoms with van der Waals surface area (Å²) in [5, 5.41) is 4.10. The molecule has 1 aromatic carbocycles. The van der Waals surface area contributed by atoms with Gasteiger partial charge in [-0.05, 0) is 36.6 Å². The molecule has 6 heteroatoms. The van der Waals surface area contributed by atoms with Gasteiger partial charge < -0.3 is 14.4 Å². The molecule has 0 bridgehead atoms. The Bertz CT molecular complexity index is 711. The maximum absolute atomic E-state index is 12.8. The Hall–Kier alpha value is -2.34. The number of benzene rings is 1. The lowest BCUT2D eigenvalue weighted by molar-refractivity contribution is -0.00331. The van der Waals surface area contributed by atoms with Crippen molar-refractivity contribution in [2.75, 3.05) is 27.3 Å². The van der Waals surface area contributed by atoms with Crippen LogP contribution in [0.15, 0.2) is 36.5 Å². The molecule has 0 saturated carbocycles. The second-order valence-corrected chi connectivity index (χ2v) is 6.47. The minimum absolute atomic E-state index is 0.0364. The summed E-state index contributed by atoms with van der Waals surface area (Å²) >= 11 is 0. The monoisotopic (exact) mass is 343 g/mol. The summed E-state index contributed by atoms with van der Waals surface area (Å²) in [6, 6.07) is 9.86. The van der Waals surface area contributed by atoms with Crippen molar-refractivity contribution in [2.45, 2.75) is 18.9 Å². The fourth-order valence-corrected chi connectivity index (χ4v) is 3.51. The molecule has 1 aromatic heterocycles. The second kappa shape index (κ2) is 7.70. The van der Waals surface area contributed by atoms with Crippen LogP contribution >= 0.6 is 0 Å². The summed E-state index contributed by atoms with van der Waals surface area (Å²) in [5.74, 6) is 1.15. The summed E-state index contributed by atoms with van der Waals surface area (Å²) in [6.07, 6.45) is 3.54. The van der Waals surface area contributed by atoms with E-state index < -0.39 is 0 Å². The van der Waals surface area contributed by atoms with Gasteiger partial charge in [-0.2, -0.15) is 5.10 Å². The van der Waals surface area contributed by atoms with Crippen LogP contribution in [0.4, 0.5) is 0 Å². The minimum atomic E-state index is 0.0364. The molecule has 2 aromatic rings. The summed E-state index contributed by atoms with van der Waals surface area (Å²) in [7, 11) is 5.22. The van der Waals surface area contributed by atoms with Gasteiger partial charge in [-0.15, -0.1) is 0 Å². The van der Waals surface area contributed by atoms with Crippen LogP contribution in [-0.4, -0.2) is 54.0 Å². The summed E-state index contributed by atoms with van der Waals surface area (Å²) in [5.41, 5.74) is 1.85. The molecule has 6 nitrogen and oxygen atoms in total. The third kappa shape index (κ3) is 3.85. The Kier molecular flexibility index (Phi) is 5.38. The molecule has 3 rings (SSSR count). The fraction of sp³-hybridized carbons (Fsp3) is 0.474. The zero-order valence-electron chi connectivity index (χ0n) is 15.0. The quantitative estimate of drug-likeness (QED) is 0.835. The van der Waals surface area contributed by atoms with E-state index in [2.05, 4.69) is 17.2 Å². The molecule has 134 valence electrons. The number of nitrogens with zero attached hydrogens (tertiary/aromatic N) is 3. The number of hydrogen-bond donors (Lipinski definition) is 0. The Morgan fingerprint density at radius 1 is 1.24 bits per heavy atom. The molecular weight excluding hydrogens is 318 g/mol. The van der Waals surface area contributed by atoms with Crippen molar-refractivity contribution in [1.82, 2.24) is 14.7 Å². The van der Waals surface area contributed by atoms with E-state index in [9.17, 15) is 4.79 Å². The SMILES string of the molecule is COc1ccc(C[C@H]2CN(C(=O)c3ccnn3C)CC[C@@H]2OC)cc1. The highest BCUT2D eigenvalue weighted by Gasteiger charge is 2.32. The number of rotatable bonds is 5. The van der Waals surface area contributed by atoms with Crippen molar-refractivity contribution in [3.63, 3.8) is 0 Å². The normalized spacial score (nSPS) is 20.5. The van der Waals surface area contributed by atoms with Gasteiger partial charge in [0.15, 0.2) is 0 Å². The minimum Gasteiger partial charge on any atom is -0.497 e. The van der Waals surface area contributed by atoms with E-state index in [-0.39, 0.29) is 17.9 Å². The van der Waals surface area contributed by atoms with Gasteiger partial charge in [-0.1, -0.05) is 12.1 Å². The van der Waals surface area contributed by atoms with Crippen molar-refractivity contribution in [1.29, 1.82) is 0 Å². The van der Waals surface area contributed by atoms with Crippen molar-refractivity contribution < 1.29 is 14.3 Å². The first-order valence-corrected chi connectivity index (χ1v) is 8.55. The molecule has 1 amide bonds. The Morgan fingerprint density at radius 3 is 2.60 bits per heavy atom. The molecule has 2 atom stereocenters. The number of ether oxygens (including phenoxy) is 2. The number of likely N-dealkylation sites (tertiary alicyclic amines) is 1. The van der Waals surface area contributed by atoms with Crippen LogP contribution in [0.3, 0.4) is 0 Å². The lowest BCUT2D eigenvalue weighted by atomic mass is 9.88. The molecule has 0 unspecified atom stereocenters. The maximum Gasteiger partial charge on any atom is 0.272 e. The number of hydrogen-bond acceptors (Lipinski definition) is 4. The predicted molar refractivity (Wildman–Crippen MR) is 94.7 cm³/mol. The van der Waals surface area contributed by atoms with E-state index in [0.717, 1.165) is 18.6 Å². The number of aryl methyl sites for hydroxylation is 1. The molecule has 1 aliphatic heterocycles. The van der Waals surface area contributed by atoms with E-state index in [4.69, 9.17) is 9.47 Å². The van der Waals surface area contributed by atoms with E-state index in [0.29, 0.717) is 18.8 Å². The van der Waals surface area contributed by atoms with Crippen LogP contribution < -0.4 is 4.74 Å². The molecule has 2 heterocycles. The third-order valence-electron chi connectivity index (χ3n) is 4.95. The Labute approximate surface area is 148 Å². The van der Waals surface area contributed by atoms with E-state index in [1.165, 1.54) is 5.56 Å². The van der Waals surface area contributed by atoms with Crippen LogP contribution in [0.2, 0.25) is 0 Å². The van der Waals surface area contributed by atoms with E-state index >= 15 is 0 Å². The number of piperidine rings is 1. The van der Waals surface area contributed by atoms with Crippen molar-refractivity contribution in [2.24, 2.45) is 13.0 Å². The standard InChI is InChI=1S/C19H25N3O3/c1-21-17(8-10-20-21)19(23)22-11-9-18(25-3)15(13-22)12-14-4-6-16(24-2)7-5-14/h4-8,10,15,18H,9,11-13H2,1-3H3/t15-,18-/m0/s1. The topological polar surface area (TPSA) is 56.6 Å². The van der Waals surface area contributed by atoms with Gasteiger partial charge in [0.05, 0.1) is 13.2 Å². The van der Waals surface area contributed by atoms with Gasteiger partial charge in [0, 0.05) is 39.4 Å². The number of methoxy groups -OCH3 is 2. The molecule has 0 aliphatic carbocycles. The van der Waals surface area contributed by atoms with Crippen LogP contribution in [0, 0.1) is 5.92 Å². The van der Waals surface area contributed by atoms with Crippen molar-refractivity contribution in [3.8, 4) is 5.75 Å². The highest BCUT2D eigenvalue weighted by atomic mass is 16.5. The summed E-state index contributed by atoms with van der Waals surface area (Å²) in [4.78, 5) is 14.7. The Balaban J connectivity index is 1.71. The predicted octanol–water partition coefficient (Wildman–Crippen LogP) is 2.15. The van der Waals surface area contributed by atoms with Gasteiger partial charge in [0.2, 0.25) is 0 Å². The largest absolute Gasteiger partial charge is 0.497 e. The van der Waals surface area contributed by atoms with Gasteiger partial charge in [-0.25, -0.2) is 0 Å². The lowest BCUT2D eigenvalue weighted by Crippen LogP contribution is -2.47. The number of carbonyl (C=O) groups excluding carboxylic acids is 1. The lowest BCUT2D eigenvalue weighted by Gasteiger charge is -2.38. The molecule has 0 spiro atoms. The molecule has 0 N–H and O–H groups in total.